The van der Waals surface area contributed by atoms with Crippen molar-refractivity contribution >= 4 is 0 Å². The fraction of sp³-hybridized carbons (Fsp3) is 1.00. The Bertz CT molecular complexity index is 1210. The molecule has 0 aromatic rings. The Kier molecular flexibility index (Phi) is 0.448. The zero-order valence-corrected chi connectivity index (χ0v) is 13.5. The topological polar surface area (TPSA) is 0 Å². The molecule has 16 aliphatic carbocycles. The average molecular weight is 306 g/mol. The lowest BCUT2D eigenvalue weighted by molar-refractivity contribution is -0.965. The van der Waals surface area contributed by atoms with Gasteiger partial charge in [0.05, 0.1) is 0 Å². The van der Waals surface area contributed by atoms with Crippen molar-refractivity contribution in [3.05, 3.63) is 0 Å². The summed E-state index contributed by atoms with van der Waals surface area (Å²) >= 11 is 0. The monoisotopic (exact) mass is 306 g/mol. The third kappa shape index (κ3) is 0.190. The van der Waals surface area contributed by atoms with Crippen LogP contribution < -0.4 is 0 Å². The molecule has 21 unspecified atom stereocenters. The van der Waals surface area contributed by atoms with Crippen LogP contribution in [-0.2, 0) is 0 Å². The second-order valence-electron chi connectivity index (χ2n) is 15.0. The Hall–Kier alpha value is 0. The van der Waals surface area contributed by atoms with Gasteiger partial charge in [0.15, 0.2) is 0 Å². The van der Waals surface area contributed by atoms with Crippen LogP contribution in [0.25, 0.3) is 0 Å². The number of hydrogen-bond acceptors (Lipinski definition) is 0. The standard InChI is InChI=1S/C24H18/c1-4-8-3-16-12-9-5-2-6-10-11-7(1)18(4)20(8,16)24-15(16)14-13(12)19(9)17(5,6)21(10,22(11,18)24)23(14,19)24/h4-15H,1-3H2. The zero-order valence-electron chi connectivity index (χ0n) is 13.5. The van der Waals surface area contributed by atoms with Crippen LogP contribution in [-0.4, -0.2) is 0 Å². The SMILES string of the molecule is C1C2C3C4C5C6C7C48CC4C9CC%10C%11C%12C1C21C35C62C%121C%111C9%10C48C721. The van der Waals surface area contributed by atoms with Gasteiger partial charge in [-0.05, 0) is 139 Å². The maximum Gasteiger partial charge on any atom is -0.00483 e. The van der Waals surface area contributed by atoms with Crippen molar-refractivity contribution < 1.29 is 0 Å². The van der Waals surface area contributed by atoms with E-state index in [1.54, 1.807) is 12.8 Å². The molecule has 0 nitrogen and oxygen atoms in total. The molecule has 0 amide bonds. The van der Waals surface area contributed by atoms with Crippen molar-refractivity contribution in [2.75, 3.05) is 0 Å². The normalized spacial score (nSPS) is 129. The van der Waals surface area contributed by atoms with Crippen LogP contribution in [0.4, 0.5) is 0 Å². The van der Waals surface area contributed by atoms with Crippen molar-refractivity contribution in [2.24, 2.45) is 120 Å². The van der Waals surface area contributed by atoms with Crippen molar-refractivity contribution in [2.45, 2.75) is 19.3 Å². The lowest BCUT2D eigenvalue weighted by Crippen LogP contribution is -3.40. The smallest absolute Gasteiger partial charge is 0.00483 e. The lowest BCUT2D eigenvalue weighted by atomic mass is 8.61. The van der Waals surface area contributed by atoms with Gasteiger partial charge < -0.3 is 0 Å². The summed E-state index contributed by atoms with van der Waals surface area (Å²) in [6.07, 6.45) is 5.37. The minimum atomic E-state index is 1.07. The van der Waals surface area contributed by atoms with Gasteiger partial charge in [0, 0.05) is 0 Å². The highest BCUT2D eigenvalue weighted by molar-refractivity contribution is 5.91. The minimum Gasteiger partial charge on any atom is -0.0458 e. The molecule has 0 aliphatic heterocycles. The van der Waals surface area contributed by atoms with E-state index in [4.69, 9.17) is 0 Å². The summed E-state index contributed by atoms with van der Waals surface area (Å²) in [6.45, 7) is 0. The molecule has 0 bridgehead atoms. The predicted molar refractivity (Wildman–Crippen MR) is 77.6 cm³/mol. The summed E-state index contributed by atoms with van der Waals surface area (Å²) in [5.74, 6) is 16.4. The molecule has 21 atom stereocenters. The highest BCUT2D eigenvalue weighted by Gasteiger charge is 3.46. The molecule has 16 fully saturated rings. The van der Waals surface area contributed by atoms with Crippen molar-refractivity contribution in [1.82, 2.24) is 0 Å². The molecular formula is C24H18. The molecule has 0 aromatic heterocycles. The van der Waals surface area contributed by atoms with E-state index < -0.39 is 0 Å². The average Bonchev–Trinajstić information content (AvgIpc) is 2.52. The van der Waals surface area contributed by atoms with Crippen molar-refractivity contribution in [3.8, 4) is 0 Å². The molecule has 16 rings (SSSR count). The van der Waals surface area contributed by atoms with E-state index in [1.165, 1.54) is 71.0 Å². The molecule has 16 saturated carbocycles. The summed E-state index contributed by atoms with van der Waals surface area (Å²) in [5, 5.41) is 0. The van der Waals surface area contributed by atoms with E-state index >= 15 is 0 Å². The van der Waals surface area contributed by atoms with Crippen molar-refractivity contribution in [1.29, 1.82) is 0 Å². The fourth-order valence-electron chi connectivity index (χ4n) is 23.7. The molecule has 0 saturated heterocycles. The quantitative estimate of drug-likeness (QED) is 0.645. The van der Waals surface area contributed by atoms with Gasteiger partial charge in [-0.25, -0.2) is 0 Å². The van der Waals surface area contributed by atoms with Gasteiger partial charge in [0.1, 0.15) is 0 Å². The van der Waals surface area contributed by atoms with Crippen LogP contribution in [0.1, 0.15) is 19.3 Å². The van der Waals surface area contributed by atoms with E-state index in [2.05, 4.69) is 0 Å². The molecule has 0 heteroatoms. The maximum absolute atomic E-state index is 1.82. The summed E-state index contributed by atoms with van der Waals surface area (Å²) in [6, 6.07) is 0. The minimum absolute atomic E-state index is 1.07. The molecule has 0 N–H and O–H groups in total. The summed E-state index contributed by atoms with van der Waals surface area (Å²) in [5.41, 5.74) is 10.0. The summed E-state index contributed by atoms with van der Waals surface area (Å²) in [7, 11) is 0. The van der Waals surface area contributed by atoms with Crippen LogP contribution in [0, 0.1) is 120 Å². The van der Waals surface area contributed by atoms with Gasteiger partial charge in [0.25, 0.3) is 0 Å². The highest BCUT2D eigenvalue weighted by Crippen LogP contribution is 3.48. The van der Waals surface area contributed by atoms with E-state index in [1.807, 2.05) is 6.42 Å². The third-order valence-corrected chi connectivity index (χ3v) is 19.5. The summed E-state index contributed by atoms with van der Waals surface area (Å²) < 4.78 is 0. The van der Waals surface area contributed by atoms with Crippen LogP contribution in [0.2, 0.25) is 0 Å². The Balaban J connectivity index is 1.31. The Morgan fingerprint density at radius 1 is 0.458 bits per heavy atom. The van der Waals surface area contributed by atoms with E-state index in [-0.39, 0.29) is 0 Å². The van der Waals surface area contributed by atoms with Crippen molar-refractivity contribution in [3.63, 3.8) is 0 Å². The third-order valence-electron chi connectivity index (χ3n) is 19.5. The van der Waals surface area contributed by atoms with Crippen LogP contribution in [0.5, 0.6) is 0 Å². The number of hydrogen-bond donors (Lipinski definition) is 0. The lowest BCUT2D eigenvalue weighted by Gasteiger charge is -3.41. The molecule has 24 heavy (non-hydrogen) atoms. The molecule has 0 aromatic carbocycles. The van der Waals surface area contributed by atoms with Gasteiger partial charge >= 0.3 is 0 Å². The second kappa shape index (κ2) is 1.29. The molecule has 0 heterocycles. The second-order valence-corrected chi connectivity index (χ2v) is 15.0. The number of fused-ring (bicyclic) bond motifs is 6. The molecular weight excluding hydrogens is 288 g/mol. The predicted octanol–water partition coefficient (Wildman–Crippen LogP) is 2.65. The first-order chi connectivity index (χ1) is 11.9. The molecule has 114 valence electrons. The Labute approximate surface area is 139 Å². The first kappa shape index (κ1) is 8.35. The first-order valence-electron chi connectivity index (χ1n) is 11.9. The van der Waals surface area contributed by atoms with Gasteiger partial charge in [0.2, 0.25) is 0 Å². The van der Waals surface area contributed by atoms with Gasteiger partial charge in [-0.2, -0.15) is 0 Å². The van der Waals surface area contributed by atoms with Gasteiger partial charge in [-0.3, -0.25) is 0 Å². The molecule has 0 radical (unpaired) electrons. The van der Waals surface area contributed by atoms with E-state index in [0.717, 1.165) is 48.7 Å². The Morgan fingerprint density at radius 3 is 2.17 bits per heavy atom. The van der Waals surface area contributed by atoms with Gasteiger partial charge in [-0.1, -0.05) is 0 Å². The van der Waals surface area contributed by atoms with Crippen LogP contribution in [0.15, 0.2) is 0 Å². The molecule has 9 spiro atoms. The number of rotatable bonds is 0. The first-order valence-corrected chi connectivity index (χ1v) is 11.9. The van der Waals surface area contributed by atoms with Crippen LogP contribution >= 0.6 is 0 Å². The van der Waals surface area contributed by atoms with Crippen LogP contribution in [0.3, 0.4) is 0 Å². The fourth-order valence-corrected chi connectivity index (χ4v) is 23.7. The van der Waals surface area contributed by atoms with E-state index in [9.17, 15) is 0 Å². The zero-order chi connectivity index (χ0) is 13.5. The van der Waals surface area contributed by atoms with Gasteiger partial charge in [-0.15, -0.1) is 0 Å². The van der Waals surface area contributed by atoms with E-state index in [0.29, 0.717) is 0 Å². The Morgan fingerprint density at radius 2 is 1.21 bits per heavy atom. The largest absolute Gasteiger partial charge is 0.0458 e. The highest BCUT2D eigenvalue weighted by atomic mass is 15.5. The molecule has 16 aliphatic rings. The maximum atomic E-state index is 1.82. The summed E-state index contributed by atoms with van der Waals surface area (Å²) in [4.78, 5) is 0.